The molecule has 0 bridgehead atoms. The van der Waals surface area contributed by atoms with Crippen LogP contribution >= 0.6 is 22.6 Å². The van der Waals surface area contributed by atoms with E-state index in [1.54, 1.807) is 24.3 Å². The molecule has 1 aromatic heterocycles. The molecular weight excluding hydrogens is 627 g/mol. The van der Waals surface area contributed by atoms with E-state index in [-0.39, 0.29) is 46.8 Å². The predicted octanol–water partition coefficient (Wildman–Crippen LogP) is 8.57. The number of aromatic carboxylic acids is 1. The lowest BCUT2D eigenvalue weighted by molar-refractivity contribution is 0.0690. The first-order valence-electron chi connectivity index (χ1n) is 12.8. The average Bonchev–Trinajstić information content (AvgIpc) is 2.85. The van der Waals surface area contributed by atoms with Crippen LogP contribution in [0.25, 0.3) is 10.9 Å². The Morgan fingerprint density at radius 2 is 1.35 bits per heavy atom. The van der Waals surface area contributed by atoms with Crippen molar-refractivity contribution in [3.05, 3.63) is 97.7 Å². The van der Waals surface area contributed by atoms with Crippen LogP contribution in [0, 0.1) is 15.2 Å². The van der Waals surface area contributed by atoms with Crippen molar-refractivity contribution < 1.29 is 28.2 Å². The minimum atomic E-state index is -1.24. The molecule has 210 valence electrons. The molecule has 40 heavy (non-hydrogen) atoms. The molecule has 0 aliphatic carbocycles. The van der Waals surface area contributed by atoms with E-state index in [1.807, 2.05) is 53.7 Å². The number of benzene rings is 3. The van der Waals surface area contributed by atoms with Crippen molar-refractivity contribution in [1.29, 1.82) is 0 Å². The Hall–Kier alpha value is -3.27. The summed E-state index contributed by atoms with van der Waals surface area (Å²) in [5.41, 5.74) is 1.99. The van der Waals surface area contributed by atoms with Crippen molar-refractivity contribution in [2.24, 2.45) is 0 Å². The fourth-order valence-corrected chi connectivity index (χ4v) is 4.82. The summed E-state index contributed by atoms with van der Waals surface area (Å²) in [4.78, 5) is 17.1. The zero-order chi connectivity index (χ0) is 29.4. The average molecular weight is 660 g/mol. The van der Waals surface area contributed by atoms with Crippen molar-refractivity contribution in [3.63, 3.8) is 0 Å². The van der Waals surface area contributed by atoms with Crippen LogP contribution in [0.3, 0.4) is 0 Å². The maximum Gasteiger partial charge on any atom is 0.338 e. The summed E-state index contributed by atoms with van der Waals surface area (Å²) in [6.07, 6.45) is 0. The van der Waals surface area contributed by atoms with Gasteiger partial charge in [0.05, 0.1) is 16.8 Å². The smallest absolute Gasteiger partial charge is 0.338 e. The lowest BCUT2D eigenvalue weighted by atomic mass is 9.87. The molecule has 0 radical (unpaired) electrons. The Kier molecular flexibility index (Phi) is 8.40. The highest BCUT2D eigenvalue weighted by Crippen LogP contribution is 2.32. The molecule has 4 rings (SSSR count). The van der Waals surface area contributed by atoms with E-state index < -0.39 is 17.6 Å². The molecule has 3 aromatic carbocycles. The Morgan fingerprint density at radius 3 is 1.82 bits per heavy atom. The first kappa shape index (κ1) is 29.7. The van der Waals surface area contributed by atoms with Crippen LogP contribution in [0.2, 0.25) is 0 Å². The quantitative estimate of drug-likeness (QED) is 0.202. The van der Waals surface area contributed by atoms with Crippen molar-refractivity contribution in [3.8, 4) is 11.5 Å². The number of halogens is 3. The third-order valence-corrected chi connectivity index (χ3v) is 7.35. The number of carboxylic acid groups (broad SMARTS) is 1. The molecule has 0 spiro atoms. The predicted molar refractivity (Wildman–Crippen MR) is 160 cm³/mol. The van der Waals surface area contributed by atoms with Gasteiger partial charge in [-0.05, 0) is 87.0 Å². The second-order valence-corrected chi connectivity index (χ2v) is 13.0. The Morgan fingerprint density at radius 1 is 0.825 bits per heavy atom. The highest BCUT2D eigenvalue weighted by molar-refractivity contribution is 14.1. The maximum absolute atomic E-state index is 14.9. The molecular formula is C32H32F2INO4. The van der Waals surface area contributed by atoms with Crippen LogP contribution in [0.5, 0.6) is 11.5 Å². The minimum Gasteiger partial charge on any atom is -0.486 e. The van der Waals surface area contributed by atoms with Crippen molar-refractivity contribution >= 4 is 39.5 Å². The van der Waals surface area contributed by atoms with Crippen LogP contribution in [0.15, 0.2) is 54.6 Å². The number of ether oxygens (including phenoxy) is 2. The van der Waals surface area contributed by atoms with Gasteiger partial charge in [0.15, 0.2) is 23.1 Å². The number of nitrogens with zero attached hydrogens (tertiary/aromatic N) is 1. The highest BCUT2D eigenvalue weighted by Gasteiger charge is 2.24. The second kappa shape index (κ2) is 11.3. The van der Waals surface area contributed by atoms with E-state index >= 15 is 0 Å². The van der Waals surface area contributed by atoms with Gasteiger partial charge in [-0.1, -0.05) is 53.7 Å². The summed E-state index contributed by atoms with van der Waals surface area (Å²) in [5, 5.41) is 10.8. The second-order valence-electron chi connectivity index (χ2n) is 11.7. The summed E-state index contributed by atoms with van der Waals surface area (Å²) in [7, 11) is 0. The number of hydrogen-bond donors (Lipinski definition) is 1. The number of carboxylic acids is 1. The van der Waals surface area contributed by atoms with Gasteiger partial charge in [-0.15, -0.1) is 0 Å². The molecule has 1 heterocycles. The molecule has 0 atom stereocenters. The van der Waals surface area contributed by atoms with Gasteiger partial charge in [0.25, 0.3) is 0 Å². The molecule has 5 nitrogen and oxygen atoms in total. The molecule has 0 saturated carbocycles. The monoisotopic (exact) mass is 659 g/mol. The van der Waals surface area contributed by atoms with Gasteiger partial charge in [-0.3, -0.25) is 0 Å². The topological polar surface area (TPSA) is 68.7 Å². The lowest BCUT2D eigenvalue weighted by Crippen LogP contribution is -2.15. The fourth-order valence-electron chi connectivity index (χ4n) is 4.33. The van der Waals surface area contributed by atoms with Gasteiger partial charge in [0, 0.05) is 14.5 Å². The van der Waals surface area contributed by atoms with Crippen LogP contribution in [0.1, 0.15) is 74.3 Å². The standard InChI is InChI=1S/C32H32F2INO4/c1-31(2,3)18-7-11-27(23(33)13-18)39-16-22-21-15-20(35)9-10-25(21)36-26(29(22)30(37)38)17-40-28-12-8-19(14-24(28)34)32(4,5)6/h7-15H,16-17H2,1-6H3,(H,37,38). The summed E-state index contributed by atoms with van der Waals surface area (Å²) < 4.78 is 42.2. The molecule has 0 aliphatic rings. The number of aromatic nitrogens is 1. The fraction of sp³-hybridized carbons (Fsp3) is 0.312. The summed E-state index contributed by atoms with van der Waals surface area (Å²) >= 11 is 2.13. The van der Waals surface area contributed by atoms with Crippen molar-refractivity contribution in [1.82, 2.24) is 4.98 Å². The minimum absolute atomic E-state index is 0.00680. The number of rotatable bonds is 7. The number of fused-ring (bicyclic) bond motifs is 1. The SMILES string of the molecule is CC(C)(C)c1ccc(OCc2nc3ccc(I)cc3c(COc3ccc(C(C)(C)C)cc3F)c2C(=O)O)c(F)c1. The van der Waals surface area contributed by atoms with Crippen molar-refractivity contribution in [2.75, 3.05) is 0 Å². The Labute approximate surface area is 246 Å². The van der Waals surface area contributed by atoms with E-state index in [1.165, 1.54) is 18.2 Å². The van der Waals surface area contributed by atoms with Crippen LogP contribution in [-0.2, 0) is 24.0 Å². The summed E-state index contributed by atoms with van der Waals surface area (Å²) in [5.74, 6) is -2.31. The third-order valence-electron chi connectivity index (χ3n) is 6.68. The van der Waals surface area contributed by atoms with Gasteiger partial charge in [0.1, 0.15) is 13.2 Å². The van der Waals surface area contributed by atoms with E-state index in [4.69, 9.17) is 9.47 Å². The molecule has 0 unspecified atom stereocenters. The molecule has 8 heteroatoms. The molecule has 0 saturated heterocycles. The summed E-state index contributed by atoms with van der Waals surface area (Å²) in [6.45, 7) is 11.4. The van der Waals surface area contributed by atoms with Gasteiger partial charge in [0.2, 0.25) is 0 Å². The maximum atomic E-state index is 14.9. The molecule has 0 aliphatic heterocycles. The first-order valence-corrected chi connectivity index (χ1v) is 13.9. The molecule has 4 aromatic rings. The van der Waals surface area contributed by atoms with Crippen LogP contribution in [-0.4, -0.2) is 16.1 Å². The number of carbonyl (C=O) groups is 1. The van der Waals surface area contributed by atoms with Gasteiger partial charge in [-0.25, -0.2) is 18.6 Å². The van der Waals surface area contributed by atoms with E-state index in [2.05, 4.69) is 27.6 Å². The molecule has 1 N–H and O–H groups in total. The third kappa shape index (κ3) is 6.54. The van der Waals surface area contributed by atoms with Crippen LogP contribution < -0.4 is 9.47 Å². The molecule has 0 fully saturated rings. The van der Waals surface area contributed by atoms with Gasteiger partial charge < -0.3 is 14.6 Å². The van der Waals surface area contributed by atoms with Gasteiger partial charge >= 0.3 is 5.97 Å². The molecule has 0 amide bonds. The van der Waals surface area contributed by atoms with E-state index in [9.17, 15) is 18.7 Å². The normalized spacial score (nSPS) is 12.0. The van der Waals surface area contributed by atoms with Crippen molar-refractivity contribution in [2.45, 2.75) is 65.6 Å². The first-order chi connectivity index (χ1) is 18.6. The van der Waals surface area contributed by atoms with E-state index in [0.717, 1.165) is 14.7 Å². The Bertz CT molecular complexity index is 1590. The van der Waals surface area contributed by atoms with Gasteiger partial charge in [-0.2, -0.15) is 0 Å². The Balaban J connectivity index is 1.72. The van der Waals surface area contributed by atoms with Crippen LogP contribution in [0.4, 0.5) is 8.78 Å². The van der Waals surface area contributed by atoms with E-state index in [0.29, 0.717) is 16.5 Å². The largest absolute Gasteiger partial charge is 0.486 e. The zero-order valence-corrected chi connectivity index (χ0v) is 25.5. The number of hydrogen-bond acceptors (Lipinski definition) is 4. The highest BCUT2D eigenvalue weighted by atomic mass is 127. The number of pyridine rings is 1. The summed E-state index contributed by atoms with van der Waals surface area (Å²) in [6, 6.07) is 14.9. The zero-order valence-electron chi connectivity index (χ0n) is 23.4. The lowest BCUT2D eigenvalue weighted by Gasteiger charge is -2.20.